The molecule has 0 aliphatic heterocycles. The molecule has 0 fully saturated rings. The molecule has 2 rings (SSSR count). The molecule has 0 heterocycles. The van der Waals surface area contributed by atoms with Crippen LogP contribution in [0, 0.1) is 0 Å². The quantitative estimate of drug-likeness (QED) is 0.600. The Morgan fingerprint density at radius 2 is 1.83 bits per heavy atom. The molecule has 0 spiro atoms. The normalized spacial score (nSPS) is 10.7. The summed E-state index contributed by atoms with van der Waals surface area (Å²) in [6.45, 7) is 2.06. The average molecular weight is 310 g/mol. The number of hydrogen-bond acceptors (Lipinski definition) is 3. The van der Waals surface area contributed by atoms with E-state index >= 15 is 0 Å². The fourth-order valence-electron chi connectivity index (χ4n) is 2.06. The van der Waals surface area contributed by atoms with Gasteiger partial charge in [0.2, 0.25) is 0 Å². The average Bonchev–Trinajstić information content (AvgIpc) is 2.61. The van der Waals surface area contributed by atoms with Crippen LogP contribution in [0.15, 0.2) is 59.7 Å². The Morgan fingerprint density at radius 1 is 1.09 bits per heavy atom. The molecule has 0 saturated carbocycles. The standard InChI is InChI=1S/C19H22N2O2/c1-2-16-10-12-18(13-11-16)23-15-19(22)21-20-14-6-9-17-7-4-3-5-8-17/h3-5,7-8,10-14H,2,6,9,15H2,1H3,(H,21,22). The lowest BCUT2D eigenvalue weighted by atomic mass is 10.1. The number of carbonyl (C=O) groups excluding carboxylic acids is 1. The highest BCUT2D eigenvalue weighted by atomic mass is 16.5. The van der Waals surface area contributed by atoms with Gasteiger partial charge in [-0.25, -0.2) is 5.43 Å². The molecule has 1 amide bonds. The third-order valence-electron chi connectivity index (χ3n) is 3.39. The summed E-state index contributed by atoms with van der Waals surface area (Å²) in [7, 11) is 0. The van der Waals surface area contributed by atoms with E-state index in [0.29, 0.717) is 5.75 Å². The first-order valence-corrected chi connectivity index (χ1v) is 7.84. The summed E-state index contributed by atoms with van der Waals surface area (Å²) < 4.78 is 5.41. The van der Waals surface area contributed by atoms with Crippen LogP contribution in [0.5, 0.6) is 5.75 Å². The Morgan fingerprint density at radius 3 is 2.52 bits per heavy atom. The summed E-state index contributed by atoms with van der Waals surface area (Å²) in [6, 6.07) is 17.9. The Hall–Kier alpha value is -2.62. The molecule has 23 heavy (non-hydrogen) atoms. The van der Waals surface area contributed by atoms with E-state index in [1.807, 2.05) is 42.5 Å². The second-order valence-electron chi connectivity index (χ2n) is 5.16. The molecule has 120 valence electrons. The maximum absolute atomic E-state index is 11.6. The van der Waals surface area contributed by atoms with E-state index in [-0.39, 0.29) is 12.5 Å². The van der Waals surface area contributed by atoms with Gasteiger partial charge in [0.25, 0.3) is 5.91 Å². The van der Waals surface area contributed by atoms with Gasteiger partial charge < -0.3 is 4.74 Å². The highest BCUT2D eigenvalue weighted by molar-refractivity contribution is 5.78. The molecule has 2 aromatic carbocycles. The molecule has 0 aliphatic carbocycles. The third kappa shape index (κ3) is 6.34. The zero-order chi connectivity index (χ0) is 16.3. The highest BCUT2D eigenvalue weighted by Gasteiger charge is 2.01. The first-order valence-electron chi connectivity index (χ1n) is 7.84. The number of amides is 1. The highest BCUT2D eigenvalue weighted by Crippen LogP contribution is 2.12. The van der Waals surface area contributed by atoms with E-state index in [2.05, 4.69) is 29.6 Å². The number of ether oxygens (including phenoxy) is 1. The fourth-order valence-corrected chi connectivity index (χ4v) is 2.06. The van der Waals surface area contributed by atoms with E-state index in [4.69, 9.17) is 4.74 Å². The Bertz CT molecular complexity index is 622. The lowest BCUT2D eigenvalue weighted by molar-refractivity contribution is -0.123. The van der Waals surface area contributed by atoms with Gasteiger partial charge in [-0.15, -0.1) is 0 Å². The topological polar surface area (TPSA) is 50.7 Å². The van der Waals surface area contributed by atoms with Gasteiger partial charge in [0.1, 0.15) is 5.75 Å². The number of nitrogens with zero attached hydrogens (tertiary/aromatic N) is 1. The van der Waals surface area contributed by atoms with Crippen LogP contribution in [-0.4, -0.2) is 18.7 Å². The van der Waals surface area contributed by atoms with Crippen molar-refractivity contribution in [2.75, 3.05) is 6.61 Å². The van der Waals surface area contributed by atoms with Gasteiger partial charge in [-0.2, -0.15) is 5.10 Å². The number of benzene rings is 2. The third-order valence-corrected chi connectivity index (χ3v) is 3.39. The smallest absolute Gasteiger partial charge is 0.277 e. The molecule has 0 saturated heterocycles. The van der Waals surface area contributed by atoms with Crippen LogP contribution < -0.4 is 10.2 Å². The first-order chi connectivity index (χ1) is 11.3. The Balaban J connectivity index is 1.63. The number of hydrogen-bond donors (Lipinski definition) is 1. The molecule has 4 heteroatoms. The summed E-state index contributed by atoms with van der Waals surface area (Å²) in [5.41, 5.74) is 4.96. The van der Waals surface area contributed by atoms with Crippen LogP contribution in [0.4, 0.5) is 0 Å². The second kappa shape index (κ2) is 9.41. The first kappa shape index (κ1) is 16.7. The lowest BCUT2D eigenvalue weighted by Crippen LogP contribution is -2.24. The van der Waals surface area contributed by atoms with Crippen molar-refractivity contribution < 1.29 is 9.53 Å². The van der Waals surface area contributed by atoms with Crippen molar-refractivity contribution in [3.63, 3.8) is 0 Å². The van der Waals surface area contributed by atoms with Crippen molar-refractivity contribution in [3.8, 4) is 5.75 Å². The predicted molar refractivity (Wildman–Crippen MR) is 92.7 cm³/mol. The largest absolute Gasteiger partial charge is 0.484 e. The van der Waals surface area contributed by atoms with Crippen LogP contribution in [0.3, 0.4) is 0 Å². The van der Waals surface area contributed by atoms with Crippen LogP contribution >= 0.6 is 0 Å². The summed E-state index contributed by atoms with van der Waals surface area (Å²) >= 11 is 0. The van der Waals surface area contributed by atoms with Gasteiger partial charge in [0.05, 0.1) is 0 Å². The SMILES string of the molecule is CCc1ccc(OCC(=O)NN=CCCc2ccccc2)cc1. The molecule has 0 radical (unpaired) electrons. The van der Waals surface area contributed by atoms with E-state index in [0.717, 1.165) is 19.3 Å². The van der Waals surface area contributed by atoms with E-state index < -0.39 is 0 Å². The number of nitrogens with one attached hydrogen (secondary N) is 1. The van der Waals surface area contributed by atoms with Crippen molar-refractivity contribution in [1.82, 2.24) is 5.43 Å². The predicted octanol–water partition coefficient (Wildman–Crippen LogP) is 3.36. The molecule has 4 nitrogen and oxygen atoms in total. The number of aryl methyl sites for hydroxylation is 2. The van der Waals surface area contributed by atoms with E-state index in [1.54, 1.807) is 6.21 Å². The summed E-state index contributed by atoms with van der Waals surface area (Å²) in [6.07, 6.45) is 4.38. The maximum Gasteiger partial charge on any atom is 0.277 e. The molecule has 0 aliphatic rings. The van der Waals surface area contributed by atoms with Crippen LogP contribution in [0.2, 0.25) is 0 Å². The van der Waals surface area contributed by atoms with Gasteiger partial charge in [0.15, 0.2) is 6.61 Å². The summed E-state index contributed by atoms with van der Waals surface area (Å²) in [5, 5.41) is 3.92. The Labute approximate surface area is 137 Å². The van der Waals surface area contributed by atoms with Crippen molar-refractivity contribution in [2.24, 2.45) is 5.10 Å². The molecule has 0 unspecified atom stereocenters. The van der Waals surface area contributed by atoms with Crippen molar-refractivity contribution >= 4 is 12.1 Å². The zero-order valence-corrected chi connectivity index (χ0v) is 13.4. The van der Waals surface area contributed by atoms with Crippen molar-refractivity contribution in [1.29, 1.82) is 0 Å². The summed E-state index contributed by atoms with van der Waals surface area (Å²) in [4.78, 5) is 11.6. The van der Waals surface area contributed by atoms with Gasteiger partial charge in [-0.3, -0.25) is 4.79 Å². The fraction of sp³-hybridized carbons (Fsp3) is 0.263. The minimum absolute atomic E-state index is 0.0402. The minimum Gasteiger partial charge on any atom is -0.484 e. The molecule has 0 bridgehead atoms. The van der Waals surface area contributed by atoms with Crippen LogP contribution in [-0.2, 0) is 17.6 Å². The number of carbonyl (C=O) groups is 1. The van der Waals surface area contributed by atoms with Gasteiger partial charge in [-0.05, 0) is 42.5 Å². The van der Waals surface area contributed by atoms with Crippen molar-refractivity contribution in [3.05, 3.63) is 65.7 Å². The monoisotopic (exact) mass is 310 g/mol. The van der Waals surface area contributed by atoms with Gasteiger partial charge in [0, 0.05) is 6.21 Å². The van der Waals surface area contributed by atoms with Gasteiger partial charge in [-0.1, -0.05) is 49.4 Å². The molecule has 0 atom stereocenters. The van der Waals surface area contributed by atoms with E-state index in [1.165, 1.54) is 11.1 Å². The zero-order valence-electron chi connectivity index (χ0n) is 13.4. The molecule has 0 aromatic heterocycles. The van der Waals surface area contributed by atoms with Crippen molar-refractivity contribution in [2.45, 2.75) is 26.2 Å². The number of hydrazone groups is 1. The van der Waals surface area contributed by atoms with Crippen LogP contribution in [0.1, 0.15) is 24.5 Å². The van der Waals surface area contributed by atoms with E-state index in [9.17, 15) is 4.79 Å². The summed E-state index contributed by atoms with van der Waals surface area (Å²) in [5.74, 6) is 0.422. The molecular weight excluding hydrogens is 288 g/mol. The maximum atomic E-state index is 11.6. The molecular formula is C19H22N2O2. The van der Waals surface area contributed by atoms with Gasteiger partial charge >= 0.3 is 0 Å². The number of rotatable bonds is 8. The molecule has 2 aromatic rings. The minimum atomic E-state index is -0.263. The lowest BCUT2D eigenvalue weighted by Gasteiger charge is -2.05. The second-order valence-corrected chi connectivity index (χ2v) is 5.16. The van der Waals surface area contributed by atoms with Crippen LogP contribution in [0.25, 0.3) is 0 Å². The Kier molecular flexibility index (Phi) is 6.85. The molecule has 1 N–H and O–H groups in total.